The molecule has 1 amide bonds. The Kier molecular flexibility index (Phi) is 4.35. The molecule has 0 saturated carbocycles. The summed E-state index contributed by atoms with van der Waals surface area (Å²) in [7, 11) is 1.83. The van der Waals surface area contributed by atoms with Crippen LogP contribution in [0.5, 0.6) is 0 Å². The fourth-order valence-corrected chi connectivity index (χ4v) is 1.95. The van der Waals surface area contributed by atoms with Crippen molar-refractivity contribution < 1.29 is 4.79 Å². The van der Waals surface area contributed by atoms with E-state index in [4.69, 9.17) is 0 Å². The number of hydrogen-bond donors (Lipinski definition) is 0. The molecule has 0 aromatic heterocycles. The largest absolute Gasteiger partial charge is 0.346 e. The number of benzene rings is 2. The first-order valence-electron chi connectivity index (χ1n) is 6.53. The summed E-state index contributed by atoms with van der Waals surface area (Å²) < 4.78 is 0. The SMILES string of the molecule is CC(=O)N(C)CCc1ccc(-c2ccccc2)cc1. The first-order chi connectivity index (χ1) is 9.16. The van der Waals surface area contributed by atoms with E-state index in [2.05, 4.69) is 36.4 Å². The number of nitrogens with zero attached hydrogens (tertiary/aromatic N) is 1. The maximum Gasteiger partial charge on any atom is 0.219 e. The summed E-state index contributed by atoms with van der Waals surface area (Å²) in [6.45, 7) is 2.36. The van der Waals surface area contributed by atoms with E-state index in [-0.39, 0.29) is 5.91 Å². The molecule has 2 rings (SSSR count). The summed E-state index contributed by atoms with van der Waals surface area (Å²) in [5.74, 6) is 0.112. The van der Waals surface area contributed by atoms with Crippen LogP contribution in [0.1, 0.15) is 12.5 Å². The molecule has 0 saturated heterocycles. The van der Waals surface area contributed by atoms with Crippen LogP contribution in [-0.4, -0.2) is 24.4 Å². The van der Waals surface area contributed by atoms with Gasteiger partial charge in [-0.15, -0.1) is 0 Å². The smallest absolute Gasteiger partial charge is 0.219 e. The Morgan fingerprint density at radius 2 is 1.53 bits per heavy atom. The molecule has 0 fully saturated rings. The van der Waals surface area contributed by atoms with Crippen LogP contribution in [0.3, 0.4) is 0 Å². The van der Waals surface area contributed by atoms with Gasteiger partial charge in [-0.25, -0.2) is 0 Å². The van der Waals surface area contributed by atoms with Gasteiger partial charge in [0.05, 0.1) is 0 Å². The van der Waals surface area contributed by atoms with Gasteiger partial charge in [0.25, 0.3) is 0 Å². The predicted octanol–water partition coefficient (Wildman–Crippen LogP) is 3.37. The Balaban J connectivity index is 2.01. The number of rotatable bonds is 4. The predicted molar refractivity (Wildman–Crippen MR) is 78.9 cm³/mol. The molecule has 0 aliphatic heterocycles. The van der Waals surface area contributed by atoms with Gasteiger partial charge >= 0.3 is 0 Å². The van der Waals surface area contributed by atoms with Gasteiger partial charge in [0.2, 0.25) is 5.91 Å². The van der Waals surface area contributed by atoms with Crippen molar-refractivity contribution in [3.05, 3.63) is 60.2 Å². The molecule has 2 nitrogen and oxygen atoms in total. The molecule has 0 aliphatic rings. The van der Waals surface area contributed by atoms with Crippen molar-refractivity contribution in [2.45, 2.75) is 13.3 Å². The van der Waals surface area contributed by atoms with Gasteiger partial charge in [0.1, 0.15) is 0 Å². The van der Waals surface area contributed by atoms with Crippen LogP contribution in [0.25, 0.3) is 11.1 Å². The third-order valence-corrected chi connectivity index (χ3v) is 3.33. The summed E-state index contributed by atoms with van der Waals surface area (Å²) in [5, 5.41) is 0. The molecule has 0 unspecified atom stereocenters. The third kappa shape index (κ3) is 3.68. The molecule has 2 aromatic rings. The third-order valence-electron chi connectivity index (χ3n) is 3.33. The van der Waals surface area contributed by atoms with Crippen LogP contribution in [-0.2, 0) is 11.2 Å². The second-order valence-electron chi connectivity index (χ2n) is 4.75. The minimum Gasteiger partial charge on any atom is -0.346 e. The molecular weight excluding hydrogens is 234 g/mol. The van der Waals surface area contributed by atoms with Crippen molar-refractivity contribution in [3.8, 4) is 11.1 Å². The maximum absolute atomic E-state index is 11.1. The summed E-state index contributed by atoms with van der Waals surface area (Å²) in [6.07, 6.45) is 0.894. The molecule has 2 heteroatoms. The maximum atomic E-state index is 11.1. The van der Waals surface area contributed by atoms with Crippen molar-refractivity contribution in [1.82, 2.24) is 4.90 Å². The van der Waals surface area contributed by atoms with Crippen LogP contribution in [0.2, 0.25) is 0 Å². The van der Waals surface area contributed by atoms with E-state index in [1.165, 1.54) is 16.7 Å². The van der Waals surface area contributed by atoms with E-state index in [9.17, 15) is 4.79 Å². The second-order valence-corrected chi connectivity index (χ2v) is 4.75. The summed E-state index contributed by atoms with van der Waals surface area (Å²) in [6, 6.07) is 18.9. The lowest BCUT2D eigenvalue weighted by atomic mass is 10.0. The van der Waals surface area contributed by atoms with E-state index >= 15 is 0 Å². The van der Waals surface area contributed by atoms with Crippen LogP contribution in [0, 0.1) is 0 Å². The highest BCUT2D eigenvalue weighted by molar-refractivity contribution is 5.72. The fourth-order valence-electron chi connectivity index (χ4n) is 1.95. The van der Waals surface area contributed by atoms with Crippen molar-refractivity contribution in [2.24, 2.45) is 0 Å². The topological polar surface area (TPSA) is 20.3 Å². The monoisotopic (exact) mass is 253 g/mol. The highest BCUT2D eigenvalue weighted by Gasteiger charge is 2.02. The van der Waals surface area contributed by atoms with E-state index < -0.39 is 0 Å². The zero-order valence-electron chi connectivity index (χ0n) is 11.5. The standard InChI is InChI=1S/C17H19NO/c1-14(19)18(2)13-12-15-8-10-17(11-9-15)16-6-4-3-5-7-16/h3-11H,12-13H2,1-2H3. The Morgan fingerprint density at radius 1 is 0.947 bits per heavy atom. The molecule has 19 heavy (non-hydrogen) atoms. The van der Waals surface area contributed by atoms with Crippen LogP contribution in [0.15, 0.2) is 54.6 Å². The zero-order chi connectivity index (χ0) is 13.7. The Hall–Kier alpha value is -2.09. The van der Waals surface area contributed by atoms with Crippen LogP contribution < -0.4 is 0 Å². The van der Waals surface area contributed by atoms with Gasteiger partial charge in [-0.05, 0) is 23.1 Å². The lowest BCUT2D eigenvalue weighted by Crippen LogP contribution is -2.26. The normalized spacial score (nSPS) is 10.2. The minimum atomic E-state index is 0.112. The first kappa shape index (κ1) is 13.3. The summed E-state index contributed by atoms with van der Waals surface area (Å²) >= 11 is 0. The molecule has 0 atom stereocenters. The molecule has 0 spiro atoms. The van der Waals surface area contributed by atoms with E-state index in [1.54, 1.807) is 11.8 Å². The van der Waals surface area contributed by atoms with Gasteiger partial charge < -0.3 is 4.90 Å². The van der Waals surface area contributed by atoms with Crippen molar-refractivity contribution in [3.63, 3.8) is 0 Å². The van der Waals surface area contributed by atoms with E-state index in [0.29, 0.717) is 0 Å². The number of likely N-dealkylation sites (N-methyl/N-ethyl adjacent to an activating group) is 1. The minimum absolute atomic E-state index is 0.112. The molecule has 0 radical (unpaired) electrons. The van der Waals surface area contributed by atoms with Crippen molar-refractivity contribution in [1.29, 1.82) is 0 Å². The first-order valence-corrected chi connectivity index (χ1v) is 6.53. The Bertz CT molecular complexity index is 531. The molecule has 0 aliphatic carbocycles. The Morgan fingerprint density at radius 3 is 2.11 bits per heavy atom. The lowest BCUT2D eigenvalue weighted by Gasteiger charge is -2.14. The number of amides is 1. The highest BCUT2D eigenvalue weighted by Crippen LogP contribution is 2.19. The average Bonchev–Trinajstić information content (AvgIpc) is 2.46. The second kappa shape index (κ2) is 6.19. The van der Waals surface area contributed by atoms with Gasteiger partial charge in [0.15, 0.2) is 0 Å². The van der Waals surface area contributed by atoms with E-state index in [1.807, 2.05) is 25.2 Å². The van der Waals surface area contributed by atoms with E-state index in [0.717, 1.165) is 13.0 Å². The summed E-state index contributed by atoms with van der Waals surface area (Å²) in [5.41, 5.74) is 3.71. The molecule has 98 valence electrons. The summed E-state index contributed by atoms with van der Waals surface area (Å²) in [4.78, 5) is 12.9. The van der Waals surface area contributed by atoms with Crippen LogP contribution >= 0.6 is 0 Å². The molecular formula is C17H19NO. The number of hydrogen-bond acceptors (Lipinski definition) is 1. The lowest BCUT2D eigenvalue weighted by molar-refractivity contribution is -0.127. The van der Waals surface area contributed by atoms with Gasteiger partial charge in [0, 0.05) is 20.5 Å². The number of carbonyl (C=O) groups is 1. The average molecular weight is 253 g/mol. The van der Waals surface area contributed by atoms with Crippen LogP contribution in [0.4, 0.5) is 0 Å². The van der Waals surface area contributed by atoms with Gasteiger partial charge in [-0.3, -0.25) is 4.79 Å². The van der Waals surface area contributed by atoms with Crippen molar-refractivity contribution >= 4 is 5.91 Å². The fraction of sp³-hybridized carbons (Fsp3) is 0.235. The van der Waals surface area contributed by atoms with Crippen molar-refractivity contribution in [2.75, 3.05) is 13.6 Å². The van der Waals surface area contributed by atoms with Gasteiger partial charge in [-0.2, -0.15) is 0 Å². The Labute approximate surface area is 114 Å². The molecule has 0 heterocycles. The molecule has 2 aromatic carbocycles. The van der Waals surface area contributed by atoms with Gasteiger partial charge in [-0.1, -0.05) is 54.6 Å². The quantitative estimate of drug-likeness (QED) is 0.818. The zero-order valence-corrected chi connectivity index (χ0v) is 11.5. The molecule has 0 bridgehead atoms. The molecule has 0 N–H and O–H groups in total. The highest BCUT2D eigenvalue weighted by atomic mass is 16.2. The number of carbonyl (C=O) groups excluding carboxylic acids is 1.